The number of anilines is 1. The van der Waals surface area contributed by atoms with E-state index in [-0.39, 0.29) is 11.8 Å². The van der Waals surface area contributed by atoms with Gasteiger partial charge >= 0.3 is 0 Å². The topological polar surface area (TPSA) is 29.5 Å². The third-order valence-electron chi connectivity index (χ3n) is 3.84. The minimum Gasteiger partial charge on any atom is -0.497 e. The van der Waals surface area contributed by atoms with Crippen LogP contribution in [0.25, 0.3) is 0 Å². The van der Waals surface area contributed by atoms with Gasteiger partial charge in [0.05, 0.1) is 7.11 Å². The quantitative estimate of drug-likeness (QED) is 0.839. The van der Waals surface area contributed by atoms with Gasteiger partial charge in [-0.15, -0.1) is 0 Å². The molecule has 1 atom stereocenters. The summed E-state index contributed by atoms with van der Waals surface area (Å²) in [6.07, 6.45) is 0.751. The van der Waals surface area contributed by atoms with E-state index in [1.807, 2.05) is 44.3 Å². The molecule has 0 radical (unpaired) electrons. The molecule has 2 aromatic carbocycles. The van der Waals surface area contributed by atoms with E-state index in [1.54, 1.807) is 12.0 Å². The van der Waals surface area contributed by atoms with E-state index in [2.05, 4.69) is 25.1 Å². The molecule has 0 fully saturated rings. The second kappa shape index (κ2) is 7.12. The van der Waals surface area contributed by atoms with Crippen LogP contribution in [-0.2, 0) is 11.2 Å². The summed E-state index contributed by atoms with van der Waals surface area (Å²) in [6, 6.07) is 15.8. The van der Waals surface area contributed by atoms with Crippen molar-refractivity contribution >= 4 is 11.6 Å². The van der Waals surface area contributed by atoms with Crippen molar-refractivity contribution in [1.82, 2.24) is 0 Å². The molecular weight excluding hydrogens is 274 g/mol. The molecule has 0 N–H and O–H groups in total. The molecule has 0 bridgehead atoms. The molecule has 22 heavy (non-hydrogen) atoms. The number of hydrogen-bond donors (Lipinski definition) is 0. The lowest BCUT2D eigenvalue weighted by molar-refractivity contribution is -0.121. The van der Waals surface area contributed by atoms with E-state index >= 15 is 0 Å². The summed E-state index contributed by atoms with van der Waals surface area (Å²) in [5, 5.41) is 0. The minimum absolute atomic E-state index is 0.0612. The summed E-state index contributed by atoms with van der Waals surface area (Å²) < 4.78 is 5.14. The highest BCUT2D eigenvalue weighted by molar-refractivity contribution is 5.94. The molecule has 0 aliphatic carbocycles. The fraction of sp³-hybridized carbons (Fsp3) is 0.316. The van der Waals surface area contributed by atoms with Crippen LogP contribution in [0.15, 0.2) is 48.5 Å². The van der Waals surface area contributed by atoms with Crippen LogP contribution in [-0.4, -0.2) is 20.1 Å². The third kappa shape index (κ3) is 3.88. The molecule has 0 aliphatic rings. The SMILES string of the molecule is COc1ccc(N(C)C(=O)[C@@H](C)Cc2cccc(C)c2)cc1. The first-order chi connectivity index (χ1) is 10.5. The van der Waals surface area contributed by atoms with E-state index in [9.17, 15) is 4.79 Å². The molecule has 0 aromatic heterocycles. The smallest absolute Gasteiger partial charge is 0.229 e. The Kier molecular flexibility index (Phi) is 5.21. The highest BCUT2D eigenvalue weighted by atomic mass is 16.5. The number of amides is 1. The average molecular weight is 297 g/mol. The highest BCUT2D eigenvalue weighted by Crippen LogP contribution is 2.21. The van der Waals surface area contributed by atoms with E-state index in [0.29, 0.717) is 0 Å². The summed E-state index contributed by atoms with van der Waals surface area (Å²) in [5.74, 6) is 0.845. The Balaban J connectivity index is 2.05. The molecule has 0 saturated heterocycles. The zero-order valence-corrected chi connectivity index (χ0v) is 13.7. The lowest BCUT2D eigenvalue weighted by atomic mass is 9.98. The van der Waals surface area contributed by atoms with Crippen molar-refractivity contribution in [2.24, 2.45) is 5.92 Å². The number of hydrogen-bond acceptors (Lipinski definition) is 2. The second-order valence-electron chi connectivity index (χ2n) is 5.69. The predicted molar refractivity (Wildman–Crippen MR) is 90.5 cm³/mol. The van der Waals surface area contributed by atoms with Gasteiger partial charge in [-0.1, -0.05) is 36.8 Å². The maximum atomic E-state index is 12.6. The monoisotopic (exact) mass is 297 g/mol. The number of rotatable bonds is 5. The van der Waals surface area contributed by atoms with E-state index < -0.39 is 0 Å². The minimum atomic E-state index is -0.0612. The van der Waals surface area contributed by atoms with Crippen molar-refractivity contribution in [3.63, 3.8) is 0 Å². The van der Waals surface area contributed by atoms with Gasteiger partial charge in [-0.25, -0.2) is 0 Å². The van der Waals surface area contributed by atoms with Crippen molar-refractivity contribution in [3.8, 4) is 5.75 Å². The maximum Gasteiger partial charge on any atom is 0.229 e. The number of ether oxygens (including phenoxy) is 1. The molecule has 2 aromatic rings. The number of methoxy groups -OCH3 is 1. The third-order valence-corrected chi connectivity index (χ3v) is 3.84. The van der Waals surface area contributed by atoms with Gasteiger partial charge < -0.3 is 9.64 Å². The largest absolute Gasteiger partial charge is 0.497 e. The van der Waals surface area contributed by atoms with Gasteiger partial charge in [-0.3, -0.25) is 4.79 Å². The van der Waals surface area contributed by atoms with Crippen LogP contribution in [0.4, 0.5) is 5.69 Å². The van der Waals surface area contributed by atoms with Crippen LogP contribution in [0.3, 0.4) is 0 Å². The van der Waals surface area contributed by atoms with E-state index in [0.717, 1.165) is 17.9 Å². The Hall–Kier alpha value is -2.29. The van der Waals surface area contributed by atoms with Gasteiger partial charge in [0.25, 0.3) is 0 Å². The maximum absolute atomic E-state index is 12.6. The molecule has 116 valence electrons. The first kappa shape index (κ1) is 16.1. The molecule has 3 nitrogen and oxygen atoms in total. The number of aryl methyl sites for hydroxylation is 1. The summed E-state index contributed by atoms with van der Waals surface area (Å²) in [4.78, 5) is 14.3. The fourth-order valence-electron chi connectivity index (χ4n) is 2.54. The summed E-state index contributed by atoms with van der Waals surface area (Å²) in [7, 11) is 3.45. The zero-order valence-electron chi connectivity index (χ0n) is 13.7. The van der Waals surface area contributed by atoms with Crippen LogP contribution in [0.2, 0.25) is 0 Å². The van der Waals surface area contributed by atoms with Crippen LogP contribution in [0, 0.1) is 12.8 Å². The normalized spacial score (nSPS) is 11.8. The zero-order chi connectivity index (χ0) is 16.1. The number of carbonyl (C=O) groups is 1. The van der Waals surface area contributed by atoms with Crippen LogP contribution >= 0.6 is 0 Å². The van der Waals surface area contributed by atoms with Gasteiger partial charge in [0.1, 0.15) is 5.75 Å². The number of nitrogens with zero attached hydrogens (tertiary/aromatic N) is 1. The standard InChI is InChI=1S/C19H23NO2/c1-14-6-5-7-16(12-14)13-15(2)19(21)20(3)17-8-10-18(22-4)11-9-17/h5-12,15H,13H2,1-4H3/t15-/m0/s1. The fourth-order valence-corrected chi connectivity index (χ4v) is 2.54. The second-order valence-corrected chi connectivity index (χ2v) is 5.69. The Morgan fingerprint density at radius 2 is 1.86 bits per heavy atom. The highest BCUT2D eigenvalue weighted by Gasteiger charge is 2.19. The Morgan fingerprint density at radius 1 is 1.18 bits per heavy atom. The first-order valence-electron chi connectivity index (χ1n) is 7.48. The van der Waals surface area contributed by atoms with Crippen molar-refractivity contribution < 1.29 is 9.53 Å². The summed E-state index contributed by atoms with van der Waals surface area (Å²) >= 11 is 0. The van der Waals surface area contributed by atoms with Crippen molar-refractivity contribution in [2.75, 3.05) is 19.1 Å². The summed E-state index contributed by atoms with van der Waals surface area (Å²) in [5.41, 5.74) is 3.30. The first-order valence-corrected chi connectivity index (χ1v) is 7.48. The lowest BCUT2D eigenvalue weighted by Gasteiger charge is -2.22. The van der Waals surface area contributed by atoms with Crippen molar-refractivity contribution in [3.05, 3.63) is 59.7 Å². The van der Waals surface area contributed by atoms with Crippen molar-refractivity contribution in [2.45, 2.75) is 20.3 Å². The Bertz CT molecular complexity index is 634. The summed E-state index contributed by atoms with van der Waals surface area (Å²) in [6.45, 7) is 4.05. The Labute approximate surface area is 132 Å². The number of carbonyl (C=O) groups excluding carboxylic acids is 1. The van der Waals surface area contributed by atoms with Gasteiger partial charge in [0.15, 0.2) is 0 Å². The number of benzene rings is 2. The van der Waals surface area contributed by atoms with Crippen molar-refractivity contribution in [1.29, 1.82) is 0 Å². The molecule has 0 saturated carbocycles. The predicted octanol–water partition coefficient (Wildman–Crippen LogP) is 3.85. The molecule has 0 spiro atoms. The van der Waals surface area contributed by atoms with Gasteiger partial charge in [0, 0.05) is 18.7 Å². The molecular formula is C19H23NO2. The van der Waals surface area contributed by atoms with Crippen LogP contribution < -0.4 is 9.64 Å². The molecule has 0 unspecified atom stereocenters. The van der Waals surface area contributed by atoms with E-state index in [1.165, 1.54) is 11.1 Å². The molecule has 0 aliphatic heterocycles. The Morgan fingerprint density at radius 3 is 2.45 bits per heavy atom. The van der Waals surface area contributed by atoms with E-state index in [4.69, 9.17) is 4.74 Å². The average Bonchev–Trinajstić information content (AvgIpc) is 2.53. The molecule has 0 heterocycles. The van der Waals surface area contributed by atoms with Gasteiger partial charge in [-0.2, -0.15) is 0 Å². The molecule has 1 amide bonds. The van der Waals surface area contributed by atoms with Crippen LogP contribution in [0.1, 0.15) is 18.1 Å². The molecule has 3 heteroatoms. The van der Waals surface area contributed by atoms with Crippen LogP contribution in [0.5, 0.6) is 5.75 Å². The lowest BCUT2D eigenvalue weighted by Crippen LogP contribution is -2.32. The van der Waals surface area contributed by atoms with Gasteiger partial charge in [0.2, 0.25) is 5.91 Å². The molecule has 2 rings (SSSR count). The van der Waals surface area contributed by atoms with Gasteiger partial charge in [-0.05, 0) is 43.2 Å².